The summed E-state index contributed by atoms with van der Waals surface area (Å²) in [4.78, 5) is 14.1. The molecule has 0 atom stereocenters. The van der Waals surface area contributed by atoms with E-state index in [0.29, 0.717) is 0 Å². The van der Waals surface area contributed by atoms with Crippen molar-refractivity contribution in [2.45, 2.75) is 0 Å². The highest BCUT2D eigenvalue weighted by molar-refractivity contribution is 6.29. The molecule has 0 saturated heterocycles. The van der Waals surface area contributed by atoms with E-state index in [9.17, 15) is 9.18 Å². The van der Waals surface area contributed by atoms with E-state index in [1.54, 1.807) is 0 Å². The normalized spacial score (nSPS) is 9.64. The van der Waals surface area contributed by atoms with E-state index < -0.39 is 11.8 Å². The fraction of sp³-hybridized carbons (Fsp3) is 0.250. The lowest BCUT2D eigenvalue weighted by atomic mass is 10.4. The van der Waals surface area contributed by atoms with Crippen LogP contribution in [-0.4, -0.2) is 24.7 Å². The molecule has 1 heterocycles. The number of aromatic nitrogens is 1. The number of hydrogen-bond donors (Lipinski definition) is 0. The van der Waals surface area contributed by atoms with Gasteiger partial charge in [0, 0.05) is 6.07 Å². The molecular weight excluding hydrogens is 213 g/mol. The van der Waals surface area contributed by atoms with Crippen molar-refractivity contribution in [3.63, 3.8) is 0 Å². The lowest BCUT2D eigenvalue weighted by Crippen LogP contribution is -2.12. The van der Waals surface area contributed by atoms with E-state index in [1.165, 1.54) is 13.3 Å². The fourth-order valence-corrected chi connectivity index (χ4v) is 0.787. The second-order valence-electron chi connectivity index (χ2n) is 2.31. The van der Waals surface area contributed by atoms with Crippen molar-refractivity contribution >= 4 is 17.6 Å². The number of ether oxygens (including phenoxy) is 2. The van der Waals surface area contributed by atoms with E-state index >= 15 is 0 Å². The van der Waals surface area contributed by atoms with Gasteiger partial charge in [-0.1, -0.05) is 11.6 Å². The van der Waals surface area contributed by atoms with Crippen molar-refractivity contribution < 1.29 is 18.7 Å². The molecule has 0 aliphatic carbocycles. The minimum Gasteiger partial charge on any atom is -0.480 e. The van der Waals surface area contributed by atoms with Gasteiger partial charge in [-0.25, -0.2) is 14.2 Å². The zero-order valence-corrected chi connectivity index (χ0v) is 8.05. The molecule has 6 heteroatoms. The number of carbonyl (C=O) groups is 1. The molecule has 1 aromatic rings. The molecule has 0 spiro atoms. The number of pyridine rings is 1. The van der Waals surface area contributed by atoms with Gasteiger partial charge < -0.3 is 9.47 Å². The van der Waals surface area contributed by atoms with Gasteiger partial charge in [-0.15, -0.1) is 0 Å². The minimum atomic E-state index is -0.700. The van der Waals surface area contributed by atoms with Crippen molar-refractivity contribution in [1.29, 1.82) is 0 Å². The molecule has 0 aliphatic heterocycles. The van der Waals surface area contributed by atoms with Crippen LogP contribution < -0.4 is 4.74 Å². The van der Waals surface area contributed by atoms with Crippen LogP contribution in [0.1, 0.15) is 0 Å². The zero-order valence-electron chi connectivity index (χ0n) is 7.29. The summed E-state index contributed by atoms with van der Waals surface area (Å²) >= 11 is 5.34. The molecule has 14 heavy (non-hydrogen) atoms. The molecule has 0 amide bonds. The third-order valence-corrected chi connectivity index (χ3v) is 1.63. The lowest BCUT2D eigenvalue weighted by Gasteiger charge is -2.04. The van der Waals surface area contributed by atoms with Gasteiger partial charge in [0.25, 0.3) is 0 Å². The Morgan fingerprint density at radius 2 is 2.43 bits per heavy atom. The van der Waals surface area contributed by atoms with Gasteiger partial charge in [-0.2, -0.15) is 0 Å². The molecule has 1 rings (SSSR count). The van der Waals surface area contributed by atoms with Gasteiger partial charge in [0.15, 0.2) is 17.6 Å². The molecule has 0 unspecified atom stereocenters. The predicted molar refractivity (Wildman–Crippen MR) is 46.7 cm³/mol. The average Bonchev–Trinajstić information content (AvgIpc) is 2.19. The highest BCUT2D eigenvalue weighted by Crippen LogP contribution is 2.16. The van der Waals surface area contributed by atoms with Crippen LogP contribution in [0.15, 0.2) is 12.3 Å². The molecule has 4 nitrogen and oxygen atoms in total. The monoisotopic (exact) mass is 219 g/mol. The maximum Gasteiger partial charge on any atom is 0.343 e. The summed E-state index contributed by atoms with van der Waals surface area (Å²) in [5, 5.41) is -0.240. The molecule has 1 aromatic heterocycles. The first-order chi connectivity index (χ1) is 6.63. The Morgan fingerprint density at radius 3 is 3.00 bits per heavy atom. The molecule has 0 radical (unpaired) electrons. The summed E-state index contributed by atoms with van der Waals surface area (Å²) in [6.07, 6.45) is 1.22. The van der Waals surface area contributed by atoms with Crippen molar-refractivity contribution in [2.24, 2.45) is 0 Å². The first-order valence-corrected chi connectivity index (χ1v) is 4.02. The third-order valence-electron chi connectivity index (χ3n) is 1.36. The smallest absolute Gasteiger partial charge is 0.343 e. The maximum absolute atomic E-state index is 12.8. The van der Waals surface area contributed by atoms with Gasteiger partial charge in [0.05, 0.1) is 13.3 Å². The summed E-state index contributed by atoms with van der Waals surface area (Å²) in [5.74, 6) is -1.13. The van der Waals surface area contributed by atoms with E-state index in [2.05, 4.69) is 9.72 Å². The molecule has 76 valence electrons. The summed E-state index contributed by atoms with van der Waals surface area (Å²) in [6, 6.07) is 1.04. The SMILES string of the molecule is COC(=O)COc1cnc(Cl)c(F)c1. The molecule has 0 saturated carbocycles. The van der Waals surface area contributed by atoms with Crippen molar-refractivity contribution in [3.05, 3.63) is 23.2 Å². The van der Waals surface area contributed by atoms with Crippen LogP contribution in [0.5, 0.6) is 5.75 Å². The number of methoxy groups -OCH3 is 1. The zero-order chi connectivity index (χ0) is 10.6. The number of nitrogens with zero attached hydrogens (tertiary/aromatic N) is 1. The second-order valence-corrected chi connectivity index (χ2v) is 2.67. The van der Waals surface area contributed by atoms with Crippen molar-refractivity contribution in [2.75, 3.05) is 13.7 Å². The topological polar surface area (TPSA) is 48.4 Å². The van der Waals surface area contributed by atoms with Crippen LogP contribution in [0.4, 0.5) is 4.39 Å². The lowest BCUT2D eigenvalue weighted by molar-refractivity contribution is -0.142. The van der Waals surface area contributed by atoms with Gasteiger partial charge in [-0.05, 0) is 0 Å². The Morgan fingerprint density at radius 1 is 1.71 bits per heavy atom. The molecular formula is C8H7ClFNO3. The first kappa shape index (κ1) is 10.7. The van der Waals surface area contributed by atoms with Gasteiger partial charge in [-0.3, -0.25) is 0 Å². The Balaban J connectivity index is 2.60. The van der Waals surface area contributed by atoms with Gasteiger partial charge in [0.1, 0.15) is 5.75 Å². The first-order valence-electron chi connectivity index (χ1n) is 3.64. The third kappa shape index (κ3) is 2.85. The van der Waals surface area contributed by atoms with Crippen molar-refractivity contribution in [1.82, 2.24) is 4.98 Å². The largest absolute Gasteiger partial charge is 0.480 e. The summed E-state index contributed by atoms with van der Waals surface area (Å²) < 4.78 is 22.0. The Labute approximate surface area is 84.6 Å². The van der Waals surface area contributed by atoms with Crippen LogP contribution >= 0.6 is 11.6 Å². The molecule has 0 aromatic carbocycles. The summed E-state index contributed by atoms with van der Waals surface area (Å²) in [7, 11) is 1.23. The minimum absolute atomic E-state index is 0.123. The number of carbonyl (C=O) groups excluding carboxylic acids is 1. The van der Waals surface area contributed by atoms with E-state index in [4.69, 9.17) is 16.3 Å². The van der Waals surface area contributed by atoms with Crippen LogP contribution in [0.25, 0.3) is 0 Å². The summed E-state index contributed by atoms with van der Waals surface area (Å²) in [6.45, 7) is -0.292. The van der Waals surface area contributed by atoms with Crippen LogP contribution in [0, 0.1) is 5.82 Å². The highest BCUT2D eigenvalue weighted by atomic mass is 35.5. The number of hydrogen-bond acceptors (Lipinski definition) is 4. The Bertz CT molecular complexity index is 345. The quantitative estimate of drug-likeness (QED) is 0.570. The van der Waals surface area contributed by atoms with Crippen LogP contribution in [0.2, 0.25) is 5.15 Å². The maximum atomic E-state index is 12.8. The standard InChI is InChI=1S/C8H7ClFNO3/c1-13-7(12)4-14-5-2-6(10)8(9)11-3-5/h2-3H,4H2,1H3. The number of esters is 1. The van der Waals surface area contributed by atoms with Crippen LogP contribution in [0.3, 0.4) is 0 Å². The molecule has 0 bridgehead atoms. The van der Waals surface area contributed by atoms with Crippen molar-refractivity contribution in [3.8, 4) is 5.75 Å². The Kier molecular flexibility index (Phi) is 3.64. The number of halogens is 2. The van der Waals surface area contributed by atoms with Gasteiger partial charge in [0.2, 0.25) is 0 Å². The highest BCUT2D eigenvalue weighted by Gasteiger charge is 2.05. The fourth-order valence-electron chi connectivity index (χ4n) is 0.684. The van der Waals surface area contributed by atoms with E-state index in [0.717, 1.165) is 6.07 Å². The van der Waals surface area contributed by atoms with Crippen LogP contribution in [-0.2, 0) is 9.53 Å². The van der Waals surface area contributed by atoms with Gasteiger partial charge >= 0.3 is 5.97 Å². The summed E-state index contributed by atoms with van der Waals surface area (Å²) in [5.41, 5.74) is 0. The number of rotatable bonds is 3. The Hall–Kier alpha value is -1.36. The predicted octanol–water partition coefficient (Wildman–Crippen LogP) is 1.43. The van der Waals surface area contributed by atoms with E-state index in [-0.39, 0.29) is 17.5 Å². The molecule has 0 aliphatic rings. The second kappa shape index (κ2) is 4.76. The average molecular weight is 220 g/mol. The molecule has 0 fully saturated rings. The molecule has 0 N–H and O–H groups in total. The van der Waals surface area contributed by atoms with E-state index in [1.807, 2.05) is 0 Å².